The van der Waals surface area contributed by atoms with Gasteiger partial charge in [0, 0.05) is 36.3 Å². The van der Waals surface area contributed by atoms with E-state index in [0.717, 1.165) is 15.8 Å². The number of aliphatic carboxylic acids is 1. The summed E-state index contributed by atoms with van der Waals surface area (Å²) in [4.78, 5) is 43.8. The molecule has 27 heavy (non-hydrogen) atoms. The van der Waals surface area contributed by atoms with Crippen LogP contribution in [-0.2, 0) is 11.8 Å². The Kier molecular flexibility index (Phi) is 4.59. The van der Waals surface area contributed by atoms with Gasteiger partial charge < -0.3 is 15.5 Å². The van der Waals surface area contributed by atoms with Gasteiger partial charge in [-0.1, -0.05) is 6.07 Å². The maximum atomic E-state index is 12.4. The number of hydrogen-bond acceptors (Lipinski definition) is 6. The third kappa shape index (κ3) is 3.22. The fraction of sp³-hybridized carbons (Fsp3) is 0.167. The van der Waals surface area contributed by atoms with Crippen molar-refractivity contribution in [2.24, 2.45) is 7.05 Å². The maximum absolute atomic E-state index is 12.4. The Balaban J connectivity index is 2.22. The van der Waals surface area contributed by atoms with E-state index >= 15 is 0 Å². The van der Waals surface area contributed by atoms with Crippen LogP contribution in [0.25, 0.3) is 22.2 Å². The number of aromatic hydroxyl groups is 1. The lowest BCUT2D eigenvalue weighted by molar-refractivity contribution is -0.135. The summed E-state index contributed by atoms with van der Waals surface area (Å²) in [7, 11) is 1.42. The molecule has 3 aromatic rings. The Morgan fingerprint density at radius 1 is 1.30 bits per heavy atom. The number of carboxylic acids is 1. The molecule has 3 heterocycles. The molecule has 0 atom stereocenters. The summed E-state index contributed by atoms with van der Waals surface area (Å²) < 4.78 is 1.13. The largest absolute Gasteiger partial charge is 0.506 e. The number of carbonyl (C=O) groups excluding carboxylic acids is 1. The molecule has 0 aromatic carbocycles. The van der Waals surface area contributed by atoms with Crippen molar-refractivity contribution in [3.63, 3.8) is 0 Å². The van der Waals surface area contributed by atoms with Gasteiger partial charge in [-0.25, -0.2) is 4.98 Å². The third-order valence-corrected chi connectivity index (χ3v) is 4.14. The summed E-state index contributed by atoms with van der Waals surface area (Å²) in [6.07, 6.45) is 3.20. The van der Waals surface area contributed by atoms with Crippen molar-refractivity contribution in [2.45, 2.75) is 6.92 Å². The number of fused-ring (bicyclic) bond motifs is 1. The van der Waals surface area contributed by atoms with Crippen molar-refractivity contribution < 1.29 is 19.8 Å². The van der Waals surface area contributed by atoms with Gasteiger partial charge in [0.15, 0.2) is 0 Å². The topological polar surface area (TPSA) is 134 Å². The first-order chi connectivity index (χ1) is 12.8. The van der Waals surface area contributed by atoms with Gasteiger partial charge in [0.05, 0.1) is 5.39 Å². The molecule has 0 fully saturated rings. The van der Waals surface area contributed by atoms with Gasteiger partial charge in [-0.05, 0) is 19.1 Å². The van der Waals surface area contributed by atoms with Crippen molar-refractivity contribution in [1.82, 2.24) is 19.9 Å². The highest BCUT2D eigenvalue weighted by Crippen LogP contribution is 2.30. The first kappa shape index (κ1) is 18.1. The quantitative estimate of drug-likeness (QED) is 0.621. The van der Waals surface area contributed by atoms with E-state index in [2.05, 4.69) is 15.3 Å². The molecule has 0 aliphatic heterocycles. The fourth-order valence-corrected chi connectivity index (χ4v) is 2.78. The van der Waals surface area contributed by atoms with Crippen molar-refractivity contribution in [3.8, 4) is 16.9 Å². The normalized spacial score (nSPS) is 10.7. The summed E-state index contributed by atoms with van der Waals surface area (Å²) in [6, 6.07) is 5.21. The van der Waals surface area contributed by atoms with Crippen LogP contribution in [-0.4, -0.2) is 43.2 Å². The van der Waals surface area contributed by atoms with Crippen LogP contribution in [0, 0.1) is 6.92 Å². The highest BCUT2D eigenvalue weighted by Gasteiger charge is 2.22. The molecule has 9 nitrogen and oxygen atoms in total. The molecule has 0 spiro atoms. The molecule has 0 aliphatic rings. The van der Waals surface area contributed by atoms with Crippen molar-refractivity contribution in [2.75, 3.05) is 6.54 Å². The molecule has 1 amide bonds. The predicted octanol–water partition coefficient (Wildman–Crippen LogP) is 0.824. The summed E-state index contributed by atoms with van der Waals surface area (Å²) in [5, 5.41) is 21.5. The molecule has 0 unspecified atom stereocenters. The number of carbonyl (C=O) groups is 2. The molecule has 0 radical (unpaired) electrons. The van der Waals surface area contributed by atoms with Gasteiger partial charge in [0.1, 0.15) is 23.5 Å². The van der Waals surface area contributed by atoms with Gasteiger partial charge in [0.2, 0.25) is 0 Å². The van der Waals surface area contributed by atoms with Crippen LogP contribution in [0.4, 0.5) is 0 Å². The zero-order valence-electron chi connectivity index (χ0n) is 14.6. The second-order valence-electron chi connectivity index (χ2n) is 5.90. The second-order valence-corrected chi connectivity index (χ2v) is 5.90. The molecule has 3 N–H and O–H groups in total. The first-order valence-corrected chi connectivity index (χ1v) is 7.95. The number of amides is 1. The van der Waals surface area contributed by atoms with Crippen molar-refractivity contribution in [3.05, 3.63) is 52.2 Å². The van der Waals surface area contributed by atoms with Crippen LogP contribution in [0.5, 0.6) is 5.75 Å². The number of rotatable bonds is 4. The first-order valence-electron chi connectivity index (χ1n) is 7.95. The molecule has 9 heteroatoms. The summed E-state index contributed by atoms with van der Waals surface area (Å²) >= 11 is 0. The Labute approximate surface area is 152 Å². The molecule has 0 saturated heterocycles. The Morgan fingerprint density at radius 3 is 2.70 bits per heavy atom. The lowest BCUT2D eigenvalue weighted by Crippen LogP contribution is -2.35. The minimum atomic E-state index is -1.27. The summed E-state index contributed by atoms with van der Waals surface area (Å²) in [5.41, 5.74) is 1.07. The fourth-order valence-electron chi connectivity index (χ4n) is 2.78. The van der Waals surface area contributed by atoms with Crippen LogP contribution in [0.2, 0.25) is 0 Å². The molecular formula is C18H16N4O5. The monoisotopic (exact) mass is 368 g/mol. The number of hydrogen-bond donors (Lipinski definition) is 3. The van der Waals surface area contributed by atoms with Gasteiger partial charge in [0.25, 0.3) is 11.5 Å². The number of nitrogens with one attached hydrogen (secondary N) is 1. The number of carboxylic acid groups (broad SMARTS) is 1. The molecule has 0 aliphatic carbocycles. The number of aromatic nitrogens is 3. The molecule has 3 rings (SSSR count). The van der Waals surface area contributed by atoms with Gasteiger partial charge in [-0.3, -0.25) is 23.9 Å². The highest BCUT2D eigenvalue weighted by atomic mass is 16.4. The van der Waals surface area contributed by atoms with E-state index in [-0.39, 0.29) is 11.0 Å². The van der Waals surface area contributed by atoms with Crippen LogP contribution in [0.1, 0.15) is 16.1 Å². The van der Waals surface area contributed by atoms with Crippen molar-refractivity contribution in [1.29, 1.82) is 0 Å². The van der Waals surface area contributed by atoms with E-state index in [0.29, 0.717) is 5.56 Å². The zero-order chi connectivity index (χ0) is 19.7. The highest BCUT2D eigenvalue weighted by molar-refractivity contribution is 6.03. The SMILES string of the molecule is Cc1ncccc1-c1cnc2c(c1)c(O)c(C(=O)NCC(=O)O)c(=O)n2C. The van der Waals surface area contributed by atoms with E-state index in [4.69, 9.17) is 5.11 Å². The van der Waals surface area contributed by atoms with Crippen LogP contribution in [0.3, 0.4) is 0 Å². The molecule has 0 saturated carbocycles. The molecular weight excluding hydrogens is 352 g/mol. The second kappa shape index (κ2) is 6.87. The lowest BCUT2D eigenvalue weighted by Gasteiger charge is -2.12. The minimum absolute atomic E-state index is 0.192. The van der Waals surface area contributed by atoms with Crippen LogP contribution < -0.4 is 10.9 Å². The summed E-state index contributed by atoms with van der Waals surface area (Å²) in [6.45, 7) is 1.15. The minimum Gasteiger partial charge on any atom is -0.506 e. The van der Waals surface area contributed by atoms with E-state index in [1.165, 1.54) is 7.05 Å². The predicted molar refractivity (Wildman–Crippen MR) is 96.6 cm³/mol. The smallest absolute Gasteiger partial charge is 0.322 e. The Bertz CT molecular complexity index is 1140. The number of pyridine rings is 3. The van der Waals surface area contributed by atoms with E-state index in [1.807, 2.05) is 13.0 Å². The molecule has 3 aromatic heterocycles. The van der Waals surface area contributed by atoms with Crippen LogP contribution >= 0.6 is 0 Å². The lowest BCUT2D eigenvalue weighted by atomic mass is 10.0. The maximum Gasteiger partial charge on any atom is 0.322 e. The molecule has 0 bridgehead atoms. The number of aryl methyl sites for hydroxylation is 2. The average molecular weight is 368 g/mol. The summed E-state index contributed by atoms with van der Waals surface area (Å²) in [5.74, 6) is -2.79. The van der Waals surface area contributed by atoms with Gasteiger partial charge in [-0.15, -0.1) is 0 Å². The molecule has 138 valence electrons. The Hall–Kier alpha value is -3.75. The van der Waals surface area contributed by atoms with Gasteiger partial charge in [-0.2, -0.15) is 0 Å². The Morgan fingerprint density at radius 2 is 2.04 bits per heavy atom. The van der Waals surface area contributed by atoms with E-state index < -0.39 is 35.3 Å². The van der Waals surface area contributed by atoms with Gasteiger partial charge >= 0.3 is 5.97 Å². The third-order valence-electron chi connectivity index (χ3n) is 4.14. The van der Waals surface area contributed by atoms with E-state index in [1.54, 1.807) is 24.5 Å². The average Bonchev–Trinajstić information content (AvgIpc) is 2.64. The van der Waals surface area contributed by atoms with Crippen LogP contribution in [0.15, 0.2) is 35.4 Å². The van der Waals surface area contributed by atoms with Crippen molar-refractivity contribution >= 4 is 22.9 Å². The van der Waals surface area contributed by atoms with E-state index in [9.17, 15) is 19.5 Å². The zero-order valence-corrected chi connectivity index (χ0v) is 14.6. The standard InChI is InChI=1S/C18H16N4O5/c1-9-11(4-3-5-19-9)10-6-12-15(25)14(17(26)21-8-13(23)24)18(27)22(2)16(12)20-7-10/h3-7,25H,8H2,1-2H3,(H,21,26)(H,23,24). The number of nitrogens with zero attached hydrogens (tertiary/aromatic N) is 3.